The minimum Gasteiger partial charge on any atom is -0.387 e. The van der Waals surface area contributed by atoms with Crippen LogP contribution >= 0.6 is 101 Å². The van der Waals surface area contributed by atoms with Crippen molar-refractivity contribution in [3.63, 3.8) is 0 Å². The first-order valence-corrected chi connectivity index (χ1v) is 33.7. The molecule has 4 aromatic carbocycles. The van der Waals surface area contributed by atoms with Gasteiger partial charge in [0.2, 0.25) is 5.91 Å². The maximum atomic E-state index is 14.0. The lowest BCUT2D eigenvalue weighted by atomic mass is 9.77. The van der Waals surface area contributed by atoms with Crippen LogP contribution in [0.4, 0.5) is 20.4 Å². The van der Waals surface area contributed by atoms with E-state index in [0.717, 1.165) is 183 Å². The number of esters is 2. The molecule has 6 fully saturated rings. The molecular formula is C67H82Cl2F2N10O8S6. The van der Waals surface area contributed by atoms with Gasteiger partial charge in [-0.05, 0) is 119 Å². The predicted molar refractivity (Wildman–Crippen MR) is 396 cm³/mol. The number of carbonyl (C=O) groups excluding carboxylic acids is 3. The third-order valence-electron chi connectivity index (χ3n) is 19.1. The van der Waals surface area contributed by atoms with E-state index >= 15 is 0 Å². The second-order valence-electron chi connectivity index (χ2n) is 25.0. The molecule has 0 radical (unpaired) electrons. The maximum absolute atomic E-state index is 14.0. The Morgan fingerprint density at radius 3 is 1.42 bits per heavy atom. The quantitative estimate of drug-likeness (QED) is 0.0736. The van der Waals surface area contributed by atoms with Crippen molar-refractivity contribution in [3.05, 3.63) is 141 Å². The van der Waals surface area contributed by atoms with Gasteiger partial charge in [-0.15, -0.1) is 23.5 Å². The fourth-order valence-corrected chi connectivity index (χ4v) is 17.3. The highest BCUT2D eigenvalue weighted by Gasteiger charge is 2.44. The zero-order valence-corrected chi connectivity index (χ0v) is 60.3. The number of hydrogen-bond donors (Lipinski definition) is 1. The molecule has 0 saturated carbocycles. The minimum absolute atomic E-state index is 0. The van der Waals surface area contributed by atoms with Gasteiger partial charge in [0.05, 0.1) is 59.6 Å². The van der Waals surface area contributed by atoms with Crippen LogP contribution in [0.2, 0.25) is 10.0 Å². The smallest absolute Gasteiger partial charge is 0.350 e. The van der Waals surface area contributed by atoms with Crippen molar-refractivity contribution < 1.29 is 37.4 Å². The third kappa shape index (κ3) is 15.7. The number of thioether (sulfide) groups is 2. The number of likely N-dealkylation sites (tertiary alicyclic amines) is 2. The van der Waals surface area contributed by atoms with Gasteiger partial charge in [-0.1, -0.05) is 67.2 Å². The molecule has 0 bridgehead atoms. The topological polar surface area (TPSA) is 177 Å². The van der Waals surface area contributed by atoms with Gasteiger partial charge >= 0.3 is 23.3 Å². The molecule has 95 heavy (non-hydrogen) atoms. The summed E-state index contributed by atoms with van der Waals surface area (Å²) >= 11 is 17.5. The van der Waals surface area contributed by atoms with Gasteiger partial charge in [0.1, 0.15) is 23.3 Å². The number of benzene rings is 4. The molecule has 2 spiro atoms. The Morgan fingerprint density at radius 1 is 0.632 bits per heavy atom. The van der Waals surface area contributed by atoms with E-state index in [2.05, 4.69) is 56.3 Å². The molecule has 2 aromatic heterocycles. The van der Waals surface area contributed by atoms with Gasteiger partial charge in [0.25, 0.3) is 0 Å². The summed E-state index contributed by atoms with van der Waals surface area (Å²) in [6.07, 6.45) is 7.68. The van der Waals surface area contributed by atoms with Gasteiger partial charge in [0, 0.05) is 131 Å². The highest BCUT2D eigenvalue weighted by molar-refractivity contribution is 8.00. The van der Waals surface area contributed by atoms with E-state index in [1.807, 2.05) is 28.2 Å². The average Bonchev–Trinajstić information content (AvgIpc) is 0.729. The van der Waals surface area contributed by atoms with E-state index in [-0.39, 0.29) is 107 Å². The van der Waals surface area contributed by atoms with Crippen molar-refractivity contribution in [1.29, 1.82) is 0 Å². The molecule has 6 saturated heterocycles. The number of anilines is 2. The monoisotopic (exact) mass is 1450 g/mol. The summed E-state index contributed by atoms with van der Waals surface area (Å²) in [5, 5.41) is 6.29. The van der Waals surface area contributed by atoms with Gasteiger partial charge in [-0.3, -0.25) is 13.9 Å². The first-order valence-electron chi connectivity index (χ1n) is 31.0. The van der Waals surface area contributed by atoms with Crippen LogP contribution in [0.3, 0.4) is 0 Å². The van der Waals surface area contributed by atoms with Crippen molar-refractivity contribution in [2.75, 3.05) is 126 Å². The summed E-state index contributed by atoms with van der Waals surface area (Å²) in [4.78, 5) is 83.0. The second kappa shape index (κ2) is 32.3. The van der Waals surface area contributed by atoms with Crippen molar-refractivity contribution in [3.8, 4) is 22.3 Å². The molecule has 18 nitrogen and oxygen atoms in total. The van der Waals surface area contributed by atoms with E-state index < -0.39 is 11.9 Å². The average molecular weight is 1460 g/mol. The fraction of sp³-hybridized carbons (Fsp3) is 0.448. The Morgan fingerprint density at radius 2 is 1.05 bits per heavy atom. The van der Waals surface area contributed by atoms with E-state index in [1.54, 1.807) is 52.7 Å². The molecule has 8 aliphatic rings. The predicted octanol–water partition coefficient (Wildman–Crippen LogP) is 10.1. The van der Waals surface area contributed by atoms with Crippen molar-refractivity contribution >= 4 is 152 Å². The number of halogens is 4. The summed E-state index contributed by atoms with van der Waals surface area (Å²) in [6, 6.07) is 16.8. The van der Waals surface area contributed by atoms with Gasteiger partial charge in [0.15, 0.2) is 0 Å². The zero-order valence-electron chi connectivity index (χ0n) is 53.1. The number of hydrogen-bond acceptors (Lipinski definition) is 17. The van der Waals surface area contributed by atoms with Crippen LogP contribution in [0.5, 0.6) is 0 Å². The number of piperidine rings is 2. The Labute approximate surface area is 598 Å². The molecular weight excluding hydrogens is 1370 g/mol. The summed E-state index contributed by atoms with van der Waals surface area (Å²) in [5.74, 6) is 0.536. The first kappa shape index (κ1) is 75.7. The molecule has 0 unspecified atom stereocenters. The summed E-state index contributed by atoms with van der Waals surface area (Å²) in [7, 11) is 0. The van der Waals surface area contributed by atoms with Gasteiger partial charge in [-0.2, -0.15) is 64.0 Å². The first-order chi connectivity index (χ1) is 43.9. The molecule has 28 heteroatoms. The number of nitrogens with one attached hydrogen (secondary N) is 1. The van der Waals surface area contributed by atoms with Crippen LogP contribution in [-0.2, 0) is 28.6 Å². The molecule has 1 N–H and O–H groups in total. The summed E-state index contributed by atoms with van der Waals surface area (Å²) in [5.41, 5.74) is 5.29. The number of aromatic nitrogens is 4. The van der Waals surface area contributed by atoms with Gasteiger partial charge < -0.3 is 44.0 Å². The Balaban J connectivity index is 0.000000208. The maximum Gasteiger partial charge on any atom is 0.350 e. The molecule has 8 aliphatic heterocycles. The lowest BCUT2D eigenvalue weighted by molar-refractivity contribution is -0.152. The van der Waals surface area contributed by atoms with Gasteiger partial charge in [-0.25, -0.2) is 28.0 Å². The Hall–Kier alpha value is -5.07. The van der Waals surface area contributed by atoms with Crippen molar-refractivity contribution in [2.24, 2.45) is 10.8 Å². The third-order valence-corrected chi connectivity index (χ3v) is 22.2. The molecule has 0 aliphatic carbocycles. The number of piperazine rings is 2. The zero-order chi connectivity index (χ0) is 63.9. The van der Waals surface area contributed by atoms with Crippen molar-refractivity contribution in [2.45, 2.75) is 73.5 Å². The largest absolute Gasteiger partial charge is 0.387 e. The summed E-state index contributed by atoms with van der Waals surface area (Å²) < 4.78 is 46.5. The molecule has 10 heterocycles. The number of ether oxygens (including phenoxy) is 3. The number of amides is 1. The second-order valence-corrected chi connectivity index (χ2v) is 27.9. The van der Waals surface area contributed by atoms with Crippen LogP contribution < -0.4 is 26.5 Å². The molecule has 6 aromatic rings. The van der Waals surface area contributed by atoms with Crippen LogP contribution in [0.1, 0.15) is 51.6 Å². The van der Waals surface area contributed by atoms with E-state index in [0.29, 0.717) is 57.9 Å². The Kier molecular flexibility index (Phi) is 25.7. The molecule has 512 valence electrons. The minimum atomic E-state index is -0.764. The molecule has 4 atom stereocenters. The van der Waals surface area contributed by atoms with Crippen molar-refractivity contribution in [1.82, 2.24) is 39.1 Å². The highest BCUT2D eigenvalue weighted by Crippen LogP contribution is 2.51. The highest BCUT2D eigenvalue weighted by atomic mass is 35.5. The van der Waals surface area contributed by atoms with Crippen LogP contribution in [0.15, 0.2) is 118 Å². The number of carbonyl (C=O) groups is 3. The number of rotatable bonds is 11. The van der Waals surface area contributed by atoms with E-state index in [9.17, 15) is 32.8 Å². The van der Waals surface area contributed by atoms with Crippen LogP contribution in [-0.4, -0.2) is 180 Å². The normalized spacial score (nSPS) is 21.5. The SMILES string of the molecule is C=CC(=O)N1CCN(c2nc(=O)n3c4c(c(-c5ccc(F)cc5)c(Cl)cc24)SC[C@@H]3CN2CCC3(CC2)COC3)[C@@H](C)C1.C=CC(=O)OC(=O)C=C.C[C@H]1CNCCN1c1nc(=O)n2c3c(c(-c4ccc(F)cc4)c(Cl)cc13)SC[C@@H]2CN1CCC2(CC1)COC2.S.S.S.S. The van der Waals surface area contributed by atoms with Crippen LogP contribution in [0, 0.1) is 22.5 Å². The Bertz CT molecular complexity index is 3940. The molecule has 14 rings (SSSR count). The standard InChI is InChI=1S/C32H35ClFN5O3S.C29H33ClFN5O2S.C6H6O3.4H2S/c1-3-26(40)37-12-13-38(20(2)15-37)30-24-14-25(33)27(21-4-6-22(34)7-5-21)29-28(24)39(31(41)35-30)23(17-43-29)16-36-10-8-32(9-11-36)18-42-19-32;1-18-13-32-8-11-35(18)27-22-12-23(30)24(19-2-4-20(31)5-3-19)26-25(22)36(28(37)33-27)21(15-39-26)14-34-9-6-29(7-10-34)16-38-17-29;1-3-5(7)9-6(8)4-2;;;;/h3-7,14,20,23H,1,8-13,15-19H2,2H3;2-5,12,18,21,32H,6-11,13-17H2,1H3;3-4H,1-2H2;4*1H2/t20-,23-;18-,21-;;;;;/m00...../s1. The molecule has 1 amide bonds. The van der Waals surface area contributed by atoms with Crippen LogP contribution in [0.25, 0.3) is 44.1 Å². The number of nitrogens with zero attached hydrogens (tertiary/aromatic N) is 9. The van der Waals surface area contributed by atoms with E-state index in [4.69, 9.17) is 42.6 Å². The lowest BCUT2D eigenvalue weighted by Gasteiger charge is -2.48. The fourth-order valence-electron chi connectivity index (χ4n) is 13.9. The van der Waals surface area contributed by atoms with E-state index in [1.165, 1.54) is 30.3 Å². The summed E-state index contributed by atoms with van der Waals surface area (Å²) in [6.45, 7) is 27.1. The lowest BCUT2D eigenvalue weighted by Crippen LogP contribution is -2.54.